The van der Waals surface area contributed by atoms with Gasteiger partial charge in [-0.2, -0.15) is 0 Å². The molecule has 6 heteroatoms. The van der Waals surface area contributed by atoms with Gasteiger partial charge < -0.3 is 5.32 Å². The average Bonchev–Trinajstić information content (AvgIpc) is 2.80. The highest BCUT2D eigenvalue weighted by atomic mass is 35.5. The van der Waals surface area contributed by atoms with Crippen molar-refractivity contribution in [1.82, 2.24) is 10.6 Å². The number of thiophene rings is 1. The molecule has 0 bridgehead atoms. The van der Waals surface area contributed by atoms with Gasteiger partial charge in [-0.15, -0.1) is 22.9 Å². The summed E-state index contributed by atoms with van der Waals surface area (Å²) in [6.45, 7) is 4.51. The first-order chi connectivity index (χ1) is 7.95. The summed E-state index contributed by atoms with van der Waals surface area (Å²) in [5, 5.41) is 6.78. The van der Waals surface area contributed by atoms with Crippen molar-refractivity contribution in [1.29, 1.82) is 0 Å². The number of amides is 3. The minimum atomic E-state index is -0.514. The van der Waals surface area contributed by atoms with Gasteiger partial charge in [0.1, 0.15) is 5.88 Å². The van der Waals surface area contributed by atoms with Crippen LogP contribution < -0.4 is 10.6 Å². The van der Waals surface area contributed by atoms with Crippen molar-refractivity contribution in [2.75, 3.05) is 12.4 Å². The molecule has 0 aliphatic rings. The van der Waals surface area contributed by atoms with Gasteiger partial charge in [0, 0.05) is 16.8 Å². The second-order valence-electron chi connectivity index (χ2n) is 4.23. The third-order valence-corrected chi connectivity index (χ3v) is 3.73. The van der Waals surface area contributed by atoms with Crippen molar-refractivity contribution >= 4 is 34.9 Å². The molecule has 0 aliphatic heterocycles. The van der Waals surface area contributed by atoms with Gasteiger partial charge in [0.15, 0.2) is 0 Å². The quantitative estimate of drug-likeness (QED) is 0.826. The molecule has 1 rings (SSSR count). The average molecular weight is 275 g/mol. The van der Waals surface area contributed by atoms with Crippen LogP contribution in [-0.2, 0) is 10.2 Å². The molecule has 17 heavy (non-hydrogen) atoms. The number of carbonyl (C=O) groups excluding carboxylic acids is 2. The molecule has 4 nitrogen and oxygen atoms in total. The van der Waals surface area contributed by atoms with Crippen LogP contribution in [0.15, 0.2) is 17.5 Å². The molecule has 0 aliphatic carbocycles. The van der Waals surface area contributed by atoms with E-state index in [1.807, 2.05) is 31.4 Å². The molecule has 1 heterocycles. The Morgan fingerprint density at radius 1 is 1.47 bits per heavy atom. The summed E-state index contributed by atoms with van der Waals surface area (Å²) < 4.78 is 0. The molecule has 0 fully saturated rings. The largest absolute Gasteiger partial charge is 0.337 e. The number of hydrogen-bond donors (Lipinski definition) is 2. The van der Waals surface area contributed by atoms with Crippen molar-refractivity contribution in [2.45, 2.75) is 19.3 Å². The summed E-state index contributed by atoms with van der Waals surface area (Å²) in [6.07, 6.45) is 0. The Balaban J connectivity index is 2.45. The summed E-state index contributed by atoms with van der Waals surface area (Å²) in [6, 6.07) is 3.48. The third-order valence-electron chi connectivity index (χ3n) is 2.25. The van der Waals surface area contributed by atoms with E-state index >= 15 is 0 Å². The molecule has 94 valence electrons. The zero-order chi connectivity index (χ0) is 12.9. The summed E-state index contributed by atoms with van der Waals surface area (Å²) in [5.41, 5.74) is -0.157. The Hall–Kier alpha value is -1.07. The molecule has 1 aromatic rings. The van der Waals surface area contributed by atoms with Crippen LogP contribution in [0.25, 0.3) is 0 Å². The topological polar surface area (TPSA) is 58.2 Å². The minimum absolute atomic E-state index is 0.157. The number of nitrogens with one attached hydrogen (secondary N) is 2. The summed E-state index contributed by atoms with van der Waals surface area (Å²) in [4.78, 5) is 23.4. The van der Waals surface area contributed by atoms with Gasteiger partial charge in [-0.25, -0.2) is 4.79 Å². The lowest BCUT2D eigenvalue weighted by molar-refractivity contribution is -0.117. The van der Waals surface area contributed by atoms with Gasteiger partial charge in [0.25, 0.3) is 0 Å². The zero-order valence-corrected chi connectivity index (χ0v) is 11.3. The number of imide groups is 1. The van der Waals surface area contributed by atoms with Gasteiger partial charge in [-0.3, -0.25) is 10.1 Å². The highest BCUT2D eigenvalue weighted by Crippen LogP contribution is 2.26. The second-order valence-corrected chi connectivity index (χ2v) is 5.44. The molecule has 0 unspecified atom stereocenters. The Bertz CT molecular complexity index is 390. The highest BCUT2D eigenvalue weighted by molar-refractivity contribution is 7.10. The fourth-order valence-electron chi connectivity index (χ4n) is 1.26. The Labute approximate surface area is 109 Å². The van der Waals surface area contributed by atoms with E-state index in [2.05, 4.69) is 10.6 Å². The first kappa shape index (κ1) is 14.0. The lowest BCUT2D eigenvalue weighted by Crippen LogP contribution is -2.44. The SMILES string of the molecule is CC(C)(CNC(=O)NC(=O)CCl)c1cccs1. The maximum absolute atomic E-state index is 11.3. The van der Waals surface area contributed by atoms with Crippen molar-refractivity contribution in [3.05, 3.63) is 22.4 Å². The lowest BCUT2D eigenvalue weighted by Gasteiger charge is -2.23. The van der Waals surface area contributed by atoms with Gasteiger partial charge in [0.2, 0.25) is 5.91 Å². The van der Waals surface area contributed by atoms with Crippen LogP contribution in [0.3, 0.4) is 0 Å². The van der Waals surface area contributed by atoms with Crippen molar-refractivity contribution in [3.8, 4) is 0 Å². The molecule has 0 atom stereocenters. The number of halogens is 1. The van der Waals surface area contributed by atoms with Crippen LogP contribution in [0, 0.1) is 0 Å². The van der Waals surface area contributed by atoms with E-state index in [1.165, 1.54) is 4.88 Å². The number of carbonyl (C=O) groups is 2. The lowest BCUT2D eigenvalue weighted by atomic mass is 9.91. The second kappa shape index (κ2) is 6.02. The van der Waals surface area contributed by atoms with Crippen LogP contribution in [0.4, 0.5) is 4.79 Å². The monoisotopic (exact) mass is 274 g/mol. The van der Waals surface area contributed by atoms with E-state index in [-0.39, 0.29) is 11.3 Å². The van der Waals surface area contributed by atoms with Crippen LogP contribution in [0.5, 0.6) is 0 Å². The molecular weight excluding hydrogens is 260 g/mol. The van der Waals surface area contributed by atoms with Crippen molar-refractivity contribution in [3.63, 3.8) is 0 Å². The number of hydrogen-bond acceptors (Lipinski definition) is 3. The zero-order valence-electron chi connectivity index (χ0n) is 9.75. The predicted octanol–water partition coefficient (Wildman–Crippen LogP) is 2.09. The van der Waals surface area contributed by atoms with Gasteiger partial charge >= 0.3 is 6.03 Å². The number of alkyl halides is 1. The standard InChI is InChI=1S/C11H15ClN2O2S/c1-11(2,8-4-3-5-17-8)7-13-10(16)14-9(15)6-12/h3-5H,6-7H2,1-2H3,(H2,13,14,15,16). The maximum atomic E-state index is 11.3. The van der Waals surface area contributed by atoms with E-state index in [1.54, 1.807) is 11.3 Å². The molecule has 2 N–H and O–H groups in total. The maximum Gasteiger partial charge on any atom is 0.321 e. The molecule has 0 spiro atoms. The molecule has 1 aromatic heterocycles. The van der Waals surface area contributed by atoms with E-state index in [4.69, 9.17) is 11.6 Å². The molecule has 0 saturated heterocycles. The molecule has 3 amide bonds. The Morgan fingerprint density at radius 3 is 2.71 bits per heavy atom. The molecule has 0 radical (unpaired) electrons. The van der Waals surface area contributed by atoms with Crippen LogP contribution >= 0.6 is 22.9 Å². The van der Waals surface area contributed by atoms with Gasteiger partial charge in [-0.1, -0.05) is 19.9 Å². The van der Waals surface area contributed by atoms with E-state index in [0.717, 1.165) is 0 Å². The van der Waals surface area contributed by atoms with Crippen LogP contribution in [-0.4, -0.2) is 24.4 Å². The minimum Gasteiger partial charge on any atom is -0.337 e. The van der Waals surface area contributed by atoms with Crippen molar-refractivity contribution < 1.29 is 9.59 Å². The normalized spacial score (nSPS) is 11.0. The van der Waals surface area contributed by atoms with E-state index < -0.39 is 11.9 Å². The fourth-order valence-corrected chi connectivity index (χ4v) is 2.18. The van der Waals surface area contributed by atoms with E-state index in [0.29, 0.717) is 6.54 Å². The Morgan fingerprint density at radius 2 is 2.18 bits per heavy atom. The Kier molecular flexibility index (Phi) is 4.96. The number of rotatable bonds is 4. The van der Waals surface area contributed by atoms with Gasteiger partial charge in [-0.05, 0) is 11.4 Å². The fraction of sp³-hybridized carbons (Fsp3) is 0.455. The summed E-state index contributed by atoms with van der Waals surface area (Å²) in [7, 11) is 0. The molecule has 0 aromatic carbocycles. The van der Waals surface area contributed by atoms with Gasteiger partial charge in [0.05, 0.1) is 0 Å². The first-order valence-corrected chi connectivity index (χ1v) is 6.55. The molecular formula is C11H15ClN2O2S. The molecule has 0 saturated carbocycles. The summed E-state index contributed by atoms with van der Waals surface area (Å²) in [5.74, 6) is -0.722. The summed E-state index contributed by atoms with van der Waals surface area (Å²) >= 11 is 6.92. The van der Waals surface area contributed by atoms with Crippen molar-refractivity contribution in [2.24, 2.45) is 0 Å². The third kappa shape index (κ3) is 4.36. The highest BCUT2D eigenvalue weighted by Gasteiger charge is 2.22. The number of urea groups is 1. The van der Waals surface area contributed by atoms with Crippen LogP contribution in [0.1, 0.15) is 18.7 Å². The predicted molar refractivity (Wildman–Crippen MR) is 69.6 cm³/mol. The van der Waals surface area contributed by atoms with E-state index in [9.17, 15) is 9.59 Å². The first-order valence-electron chi connectivity index (χ1n) is 5.13. The smallest absolute Gasteiger partial charge is 0.321 e. The van der Waals surface area contributed by atoms with Crippen LogP contribution in [0.2, 0.25) is 0 Å².